The van der Waals surface area contributed by atoms with E-state index >= 15 is 0 Å². The summed E-state index contributed by atoms with van der Waals surface area (Å²) in [7, 11) is -3.79. The molecule has 7 nitrogen and oxygen atoms in total. The van der Waals surface area contributed by atoms with Crippen LogP contribution < -0.4 is 10.0 Å². The molecule has 1 amide bonds. The molecule has 0 aliphatic carbocycles. The van der Waals surface area contributed by atoms with Crippen LogP contribution in [0.2, 0.25) is 0 Å². The molecule has 0 aliphatic heterocycles. The van der Waals surface area contributed by atoms with Crippen molar-refractivity contribution in [1.82, 2.24) is 10.0 Å². The Hall–Kier alpha value is -2.07. The Balaban J connectivity index is 2.92. The average molecular weight is 378 g/mol. The summed E-state index contributed by atoms with van der Waals surface area (Å²) in [6.07, 6.45) is -3.92. The summed E-state index contributed by atoms with van der Waals surface area (Å²) >= 11 is 0. The highest BCUT2D eigenvalue weighted by Gasteiger charge is 2.25. The summed E-state index contributed by atoms with van der Waals surface area (Å²) in [6.45, 7) is 5.00. The number of benzene rings is 1. The van der Waals surface area contributed by atoms with Gasteiger partial charge in [0.2, 0.25) is 16.4 Å². The van der Waals surface area contributed by atoms with Crippen LogP contribution in [0.4, 0.5) is 8.78 Å². The zero-order chi connectivity index (χ0) is 19.4. The molecule has 1 aromatic carbocycles. The molecule has 3 N–H and O–H groups in total. The number of nitrogens with one attached hydrogen (secondary N) is 2. The lowest BCUT2D eigenvalue weighted by Gasteiger charge is -2.20. The number of rotatable bonds is 7. The van der Waals surface area contributed by atoms with Gasteiger partial charge in [0, 0.05) is 17.5 Å². The molecule has 25 heavy (non-hydrogen) atoms. The number of alkyl halides is 2. The molecule has 0 radical (unpaired) electrons. The molecule has 0 bridgehead atoms. The number of halogens is 2. The number of hydrogen-bond donors (Lipinski definition) is 3. The van der Waals surface area contributed by atoms with Gasteiger partial charge < -0.3 is 10.4 Å². The van der Waals surface area contributed by atoms with Gasteiger partial charge in [0.15, 0.2) is 0 Å². The lowest BCUT2D eigenvalue weighted by molar-refractivity contribution is -0.140. The van der Waals surface area contributed by atoms with Crippen molar-refractivity contribution in [1.29, 1.82) is 0 Å². The molecule has 0 fully saturated rings. The quantitative estimate of drug-likeness (QED) is 0.667. The van der Waals surface area contributed by atoms with E-state index in [0.29, 0.717) is 0 Å². The fourth-order valence-electron chi connectivity index (χ4n) is 1.89. The maximum Gasteiger partial charge on any atom is 0.326 e. The van der Waals surface area contributed by atoms with Crippen LogP contribution in [0.15, 0.2) is 29.2 Å². The number of aliphatic carboxylic acids is 1. The second-order valence-electron chi connectivity index (χ2n) is 6.37. The van der Waals surface area contributed by atoms with Crippen LogP contribution >= 0.6 is 0 Å². The van der Waals surface area contributed by atoms with Gasteiger partial charge in [-0.15, -0.1) is 0 Å². The van der Waals surface area contributed by atoms with E-state index in [-0.39, 0.29) is 10.5 Å². The zero-order valence-corrected chi connectivity index (χ0v) is 14.7. The minimum absolute atomic E-state index is 0.0461. The van der Waals surface area contributed by atoms with E-state index < -0.39 is 46.3 Å². The molecule has 0 aromatic heterocycles. The lowest BCUT2D eigenvalue weighted by Crippen LogP contribution is -2.42. The predicted octanol–water partition coefficient (Wildman–Crippen LogP) is 1.60. The largest absolute Gasteiger partial charge is 0.480 e. The van der Waals surface area contributed by atoms with Crippen LogP contribution in [-0.2, 0) is 14.8 Å². The molecule has 0 saturated carbocycles. The highest BCUT2D eigenvalue weighted by Crippen LogP contribution is 2.14. The van der Waals surface area contributed by atoms with Crippen LogP contribution in [-0.4, -0.2) is 43.4 Å². The van der Waals surface area contributed by atoms with Gasteiger partial charge in [-0.05, 0) is 45.0 Å². The van der Waals surface area contributed by atoms with Crippen molar-refractivity contribution in [2.24, 2.45) is 0 Å². The number of amides is 1. The van der Waals surface area contributed by atoms with Crippen LogP contribution in [0.5, 0.6) is 0 Å². The third-order valence-electron chi connectivity index (χ3n) is 2.88. The Labute approximate surface area is 144 Å². The van der Waals surface area contributed by atoms with Crippen molar-refractivity contribution < 1.29 is 31.9 Å². The second-order valence-corrected chi connectivity index (χ2v) is 8.05. The standard InChI is InChI=1S/C15H20F2N2O5S/c1-15(2,3)19-25(23,24)10-6-4-9(5-7-10)13(20)18-11(14(21)22)8-12(16)17/h4-7,11-12,19H,8H2,1-3H3,(H,18,20)(H,21,22). The molecule has 0 saturated heterocycles. The number of carboxylic acids is 1. The summed E-state index contributed by atoms with van der Waals surface area (Å²) in [6, 6.07) is 2.96. The first kappa shape index (κ1) is 21.0. The smallest absolute Gasteiger partial charge is 0.326 e. The molecular formula is C15H20F2N2O5S. The molecule has 0 spiro atoms. The molecule has 140 valence electrons. The van der Waals surface area contributed by atoms with E-state index in [2.05, 4.69) is 4.72 Å². The van der Waals surface area contributed by atoms with Gasteiger partial charge in [-0.1, -0.05) is 0 Å². The number of carboxylic acid groups (broad SMARTS) is 1. The third-order valence-corrected chi connectivity index (χ3v) is 4.66. The maximum absolute atomic E-state index is 12.3. The third kappa shape index (κ3) is 6.75. The fourth-order valence-corrected chi connectivity index (χ4v) is 3.31. The first-order valence-corrected chi connectivity index (χ1v) is 8.76. The molecule has 10 heteroatoms. The van der Waals surface area contributed by atoms with E-state index in [4.69, 9.17) is 5.11 Å². The van der Waals surface area contributed by atoms with Gasteiger partial charge in [-0.3, -0.25) is 4.79 Å². The van der Waals surface area contributed by atoms with Gasteiger partial charge in [0.25, 0.3) is 5.91 Å². The molecule has 1 aromatic rings. The molecule has 0 heterocycles. The Morgan fingerprint density at radius 2 is 1.68 bits per heavy atom. The monoisotopic (exact) mass is 378 g/mol. The van der Waals surface area contributed by atoms with E-state index in [1.54, 1.807) is 20.8 Å². The van der Waals surface area contributed by atoms with Gasteiger partial charge >= 0.3 is 5.97 Å². The summed E-state index contributed by atoms with van der Waals surface area (Å²) in [4.78, 5) is 22.7. The van der Waals surface area contributed by atoms with Crippen LogP contribution in [0, 0.1) is 0 Å². The normalized spacial score (nSPS) is 13.5. The SMILES string of the molecule is CC(C)(C)NS(=O)(=O)c1ccc(C(=O)NC(CC(F)F)C(=O)O)cc1. The summed E-state index contributed by atoms with van der Waals surface area (Å²) < 4.78 is 51.4. The van der Waals surface area contributed by atoms with E-state index in [1.807, 2.05) is 5.32 Å². The number of carbonyl (C=O) groups excluding carboxylic acids is 1. The topological polar surface area (TPSA) is 113 Å². The van der Waals surface area contributed by atoms with Crippen molar-refractivity contribution in [3.05, 3.63) is 29.8 Å². The Bertz CT molecular complexity index is 727. The van der Waals surface area contributed by atoms with E-state index in [0.717, 1.165) is 0 Å². The van der Waals surface area contributed by atoms with E-state index in [1.165, 1.54) is 24.3 Å². The predicted molar refractivity (Wildman–Crippen MR) is 86.0 cm³/mol. The minimum Gasteiger partial charge on any atom is -0.480 e. The van der Waals surface area contributed by atoms with Gasteiger partial charge in [-0.2, -0.15) is 0 Å². The van der Waals surface area contributed by atoms with Crippen LogP contribution in [0.25, 0.3) is 0 Å². The van der Waals surface area contributed by atoms with Crippen molar-refractivity contribution in [2.45, 2.75) is 50.1 Å². The van der Waals surface area contributed by atoms with Crippen LogP contribution in [0.1, 0.15) is 37.6 Å². The molecule has 1 rings (SSSR count). The van der Waals surface area contributed by atoms with Gasteiger partial charge in [-0.25, -0.2) is 26.7 Å². The van der Waals surface area contributed by atoms with Crippen molar-refractivity contribution >= 4 is 21.9 Å². The second kappa shape index (κ2) is 7.87. The first-order valence-electron chi connectivity index (χ1n) is 7.28. The van der Waals surface area contributed by atoms with Crippen molar-refractivity contribution in [3.63, 3.8) is 0 Å². The number of sulfonamides is 1. The summed E-state index contributed by atoms with van der Waals surface area (Å²) in [5.41, 5.74) is -0.742. The highest BCUT2D eigenvalue weighted by atomic mass is 32.2. The highest BCUT2D eigenvalue weighted by molar-refractivity contribution is 7.89. The molecule has 1 atom stereocenters. The van der Waals surface area contributed by atoms with Crippen molar-refractivity contribution in [3.8, 4) is 0 Å². The summed E-state index contributed by atoms with van der Waals surface area (Å²) in [5.74, 6) is -2.47. The zero-order valence-electron chi connectivity index (χ0n) is 13.9. The molecular weight excluding hydrogens is 358 g/mol. The summed E-state index contributed by atoms with van der Waals surface area (Å²) in [5, 5.41) is 10.8. The van der Waals surface area contributed by atoms with E-state index in [9.17, 15) is 26.8 Å². The molecule has 0 aliphatic rings. The molecule has 1 unspecified atom stereocenters. The maximum atomic E-state index is 12.3. The first-order chi connectivity index (χ1) is 11.3. The van der Waals surface area contributed by atoms with Gasteiger partial charge in [0.1, 0.15) is 6.04 Å². The van der Waals surface area contributed by atoms with Gasteiger partial charge in [0.05, 0.1) is 4.90 Å². The van der Waals surface area contributed by atoms with Crippen molar-refractivity contribution in [2.75, 3.05) is 0 Å². The number of carbonyl (C=O) groups is 2. The Morgan fingerprint density at radius 1 is 1.16 bits per heavy atom. The van der Waals surface area contributed by atoms with Crippen LogP contribution in [0.3, 0.4) is 0 Å². The average Bonchev–Trinajstić information content (AvgIpc) is 2.43. The lowest BCUT2D eigenvalue weighted by atomic mass is 10.1. The Kier molecular flexibility index (Phi) is 6.61. The Morgan fingerprint density at radius 3 is 2.08 bits per heavy atom. The number of hydrogen-bond acceptors (Lipinski definition) is 4. The fraction of sp³-hybridized carbons (Fsp3) is 0.467. The minimum atomic E-state index is -3.79.